The predicted molar refractivity (Wildman–Crippen MR) is 113 cm³/mol. The van der Waals surface area contributed by atoms with Crippen molar-refractivity contribution >= 4 is 29.3 Å². The number of amides is 2. The number of nitrogens with zero attached hydrogens (tertiary/aromatic N) is 4. The Morgan fingerprint density at radius 2 is 1.90 bits per heavy atom. The van der Waals surface area contributed by atoms with Gasteiger partial charge in [-0.2, -0.15) is 10.1 Å². The molecule has 10 heteroatoms. The second-order valence-corrected chi connectivity index (χ2v) is 7.17. The van der Waals surface area contributed by atoms with Crippen molar-refractivity contribution < 1.29 is 9.59 Å². The Bertz CT molecular complexity index is 1020. The maximum atomic E-state index is 11.8. The lowest BCUT2D eigenvalue weighted by atomic mass is 10.0. The minimum Gasteiger partial charge on any atom is -0.368 e. The highest BCUT2D eigenvalue weighted by molar-refractivity contribution is 5.98. The molecule has 6 N–H and O–H groups in total. The number of primary amides is 2. The molecule has 0 spiro atoms. The number of rotatable bonds is 9. The van der Waals surface area contributed by atoms with Crippen LogP contribution in [-0.2, 0) is 4.79 Å². The highest BCUT2D eigenvalue weighted by Crippen LogP contribution is 2.21. The fraction of sp³-hybridized carbons (Fsp3) is 0.250. The molecular formula is C20H24N8O2. The molecule has 0 radical (unpaired) electrons. The SMILES string of the molecule is CC(C)CC(Nc1ncc(C(N)=O)c(Nc2ccc(-n3cccn3)cc2)n1)C(N)=O. The lowest BCUT2D eigenvalue weighted by molar-refractivity contribution is -0.119. The van der Waals surface area contributed by atoms with Gasteiger partial charge in [0.25, 0.3) is 5.91 Å². The van der Waals surface area contributed by atoms with Crippen LogP contribution in [0.5, 0.6) is 0 Å². The number of nitrogens with one attached hydrogen (secondary N) is 2. The summed E-state index contributed by atoms with van der Waals surface area (Å²) < 4.78 is 1.73. The van der Waals surface area contributed by atoms with Crippen LogP contribution in [0.2, 0.25) is 0 Å². The maximum absolute atomic E-state index is 11.8. The summed E-state index contributed by atoms with van der Waals surface area (Å²) in [6, 6.07) is 8.57. The zero-order chi connectivity index (χ0) is 21.7. The Morgan fingerprint density at radius 1 is 1.17 bits per heavy atom. The van der Waals surface area contributed by atoms with Crippen LogP contribution in [0.4, 0.5) is 17.5 Å². The fourth-order valence-electron chi connectivity index (χ4n) is 2.86. The molecule has 2 aromatic heterocycles. The van der Waals surface area contributed by atoms with Gasteiger partial charge in [0.05, 0.1) is 5.69 Å². The quantitative estimate of drug-likeness (QED) is 0.421. The van der Waals surface area contributed by atoms with E-state index < -0.39 is 17.9 Å². The van der Waals surface area contributed by atoms with Crippen molar-refractivity contribution in [1.82, 2.24) is 19.7 Å². The first-order valence-corrected chi connectivity index (χ1v) is 9.43. The van der Waals surface area contributed by atoms with Crippen molar-refractivity contribution in [3.05, 3.63) is 54.5 Å². The summed E-state index contributed by atoms with van der Waals surface area (Å²) in [5.41, 5.74) is 12.6. The van der Waals surface area contributed by atoms with Crippen molar-refractivity contribution in [1.29, 1.82) is 0 Å². The molecule has 10 nitrogen and oxygen atoms in total. The molecule has 1 aromatic carbocycles. The summed E-state index contributed by atoms with van der Waals surface area (Å²) in [5, 5.41) is 10.2. The first-order chi connectivity index (χ1) is 14.3. The molecule has 156 valence electrons. The molecule has 0 fully saturated rings. The van der Waals surface area contributed by atoms with E-state index in [1.165, 1.54) is 6.20 Å². The molecule has 0 saturated carbocycles. The van der Waals surface area contributed by atoms with E-state index in [1.54, 1.807) is 10.9 Å². The first-order valence-electron chi connectivity index (χ1n) is 9.43. The van der Waals surface area contributed by atoms with E-state index in [1.807, 2.05) is 50.4 Å². The zero-order valence-electron chi connectivity index (χ0n) is 16.7. The number of anilines is 3. The van der Waals surface area contributed by atoms with Crippen molar-refractivity contribution in [3.63, 3.8) is 0 Å². The predicted octanol–water partition coefficient (Wildman–Crippen LogP) is 1.82. The largest absolute Gasteiger partial charge is 0.368 e. The van der Waals surface area contributed by atoms with Crippen LogP contribution in [0.25, 0.3) is 5.69 Å². The second-order valence-electron chi connectivity index (χ2n) is 7.17. The van der Waals surface area contributed by atoms with Crippen LogP contribution in [0.15, 0.2) is 48.9 Å². The molecule has 0 bridgehead atoms. The van der Waals surface area contributed by atoms with Crippen molar-refractivity contribution in [2.75, 3.05) is 10.6 Å². The van der Waals surface area contributed by atoms with Crippen LogP contribution in [0, 0.1) is 5.92 Å². The van der Waals surface area contributed by atoms with Gasteiger partial charge in [0, 0.05) is 24.3 Å². The van der Waals surface area contributed by atoms with Crippen molar-refractivity contribution in [2.24, 2.45) is 17.4 Å². The molecule has 0 aliphatic rings. The molecule has 3 rings (SSSR count). The van der Waals surface area contributed by atoms with Gasteiger partial charge in [-0.1, -0.05) is 13.8 Å². The van der Waals surface area contributed by atoms with Crippen LogP contribution in [-0.4, -0.2) is 37.6 Å². The van der Waals surface area contributed by atoms with Crippen LogP contribution >= 0.6 is 0 Å². The molecule has 1 atom stereocenters. The van der Waals surface area contributed by atoms with Gasteiger partial charge in [0.15, 0.2) is 0 Å². The van der Waals surface area contributed by atoms with Gasteiger partial charge in [0.1, 0.15) is 17.4 Å². The van der Waals surface area contributed by atoms with E-state index in [0.717, 1.165) is 5.69 Å². The van der Waals surface area contributed by atoms with E-state index in [-0.39, 0.29) is 23.2 Å². The van der Waals surface area contributed by atoms with Gasteiger partial charge in [-0.25, -0.2) is 9.67 Å². The van der Waals surface area contributed by atoms with Crippen molar-refractivity contribution in [3.8, 4) is 5.69 Å². The average Bonchev–Trinajstić information content (AvgIpc) is 3.22. The molecule has 3 aromatic rings. The third kappa shape index (κ3) is 5.10. The molecule has 30 heavy (non-hydrogen) atoms. The summed E-state index contributed by atoms with van der Waals surface area (Å²) in [7, 11) is 0. The van der Waals surface area contributed by atoms with Gasteiger partial charge < -0.3 is 22.1 Å². The van der Waals surface area contributed by atoms with Crippen molar-refractivity contribution in [2.45, 2.75) is 26.3 Å². The van der Waals surface area contributed by atoms with Crippen LogP contribution < -0.4 is 22.1 Å². The van der Waals surface area contributed by atoms with Gasteiger partial charge in [-0.05, 0) is 42.7 Å². The van der Waals surface area contributed by atoms with Crippen LogP contribution in [0.1, 0.15) is 30.6 Å². The molecule has 2 heterocycles. The normalized spacial score (nSPS) is 11.8. The minimum absolute atomic E-state index is 0.121. The fourth-order valence-corrected chi connectivity index (χ4v) is 2.86. The summed E-state index contributed by atoms with van der Waals surface area (Å²) >= 11 is 0. The van der Waals surface area contributed by atoms with Crippen LogP contribution in [0.3, 0.4) is 0 Å². The van der Waals surface area contributed by atoms with E-state index in [0.29, 0.717) is 12.1 Å². The highest BCUT2D eigenvalue weighted by atomic mass is 16.1. The molecule has 1 unspecified atom stereocenters. The smallest absolute Gasteiger partial charge is 0.254 e. The molecular weight excluding hydrogens is 384 g/mol. The third-order valence-corrected chi connectivity index (χ3v) is 4.31. The zero-order valence-corrected chi connectivity index (χ0v) is 16.7. The van der Waals surface area contributed by atoms with E-state index in [4.69, 9.17) is 11.5 Å². The number of hydrogen-bond acceptors (Lipinski definition) is 7. The number of nitrogens with two attached hydrogens (primary N) is 2. The third-order valence-electron chi connectivity index (χ3n) is 4.31. The summed E-state index contributed by atoms with van der Waals surface area (Å²) in [6.45, 7) is 3.96. The van der Waals surface area contributed by atoms with Gasteiger partial charge in [-0.15, -0.1) is 0 Å². The number of carbonyl (C=O) groups excluding carboxylic acids is 2. The molecule has 0 aliphatic carbocycles. The maximum Gasteiger partial charge on any atom is 0.254 e. The average molecular weight is 408 g/mol. The summed E-state index contributed by atoms with van der Waals surface area (Å²) in [5.74, 6) is -0.550. The number of hydrogen-bond donors (Lipinski definition) is 4. The monoisotopic (exact) mass is 408 g/mol. The Labute approximate surface area is 173 Å². The van der Waals surface area contributed by atoms with E-state index >= 15 is 0 Å². The van der Waals surface area contributed by atoms with Gasteiger partial charge in [0.2, 0.25) is 11.9 Å². The van der Waals surface area contributed by atoms with E-state index in [2.05, 4.69) is 25.7 Å². The summed E-state index contributed by atoms with van der Waals surface area (Å²) in [6.07, 6.45) is 5.36. The van der Waals surface area contributed by atoms with Gasteiger partial charge in [-0.3, -0.25) is 9.59 Å². The van der Waals surface area contributed by atoms with E-state index in [9.17, 15) is 9.59 Å². The molecule has 2 amide bonds. The standard InChI is InChI=1S/C20H24N8O2/c1-12(2)10-16(18(22)30)26-20-23-11-15(17(21)29)19(27-20)25-13-4-6-14(7-5-13)28-9-3-8-24-28/h3-9,11-12,16H,10H2,1-2H3,(H2,21,29)(H2,22,30)(H2,23,25,26,27). The Balaban J connectivity index is 1.84. The summed E-state index contributed by atoms with van der Waals surface area (Å²) in [4.78, 5) is 32.0. The molecule has 0 saturated heterocycles. The number of benzene rings is 1. The lowest BCUT2D eigenvalue weighted by Crippen LogP contribution is -2.37. The molecule has 0 aliphatic heterocycles. The Hall–Kier alpha value is -3.95. The Kier molecular flexibility index (Phi) is 6.26. The first kappa shape index (κ1) is 20.8. The second kappa shape index (κ2) is 9.03. The number of aromatic nitrogens is 4. The lowest BCUT2D eigenvalue weighted by Gasteiger charge is -2.18. The minimum atomic E-state index is -0.675. The number of carbonyl (C=O) groups is 2. The highest BCUT2D eigenvalue weighted by Gasteiger charge is 2.19. The topological polar surface area (TPSA) is 154 Å². The van der Waals surface area contributed by atoms with Gasteiger partial charge >= 0.3 is 0 Å². The Morgan fingerprint density at radius 3 is 2.47 bits per heavy atom.